The molecule has 20 heavy (non-hydrogen) atoms. The van der Waals surface area contributed by atoms with Crippen molar-refractivity contribution in [2.75, 3.05) is 19.6 Å². The van der Waals surface area contributed by atoms with Crippen LogP contribution in [0.4, 0.5) is 0 Å². The van der Waals surface area contributed by atoms with Gasteiger partial charge in [0.25, 0.3) is 0 Å². The van der Waals surface area contributed by atoms with Gasteiger partial charge in [-0.1, -0.05) is 38.1 Å². The summed E-state index contributed by atoms with van der Waals surface area (Å²) >= 11 is 0. The lowest BCUT2D eigenvalue weighted by Gasteiger charge is -2.25. The quantitative estimate of drug-likeness (QED) is 0.905. The van der Waals surface area contributed by atoms with Gasteiger partial charge in [-0.05, 0) is 49.3 Å². The summed E-state index contributed by atoms with van der Waals surface area (Å²) < 4.78 is 0. The largest absolute Gasteiger partial charge is 0.312 e. The van der Waals surface area contributed by atoms with Gasteiger partial charge >= 0.3 is 0 Å². The summed E-state index contributed by atoms with van der Waals surface area (Å²) in [7, 11) is 0. The van der Waals surface area contributed by atoms with Crippen molar-refractivity contribution in [1.29, 1.82) is 0 Å². The van der Waals surface area contributed by atoms with Crippen molar-refractivity contribution in [1.82, 2.24) is 10.2 Å². The number of piperidine rings is 1. The number of nitrogens with one attached hydrogen (secondary N) is 1. The van der Waals surface area contributed by atoms with E-state index >= 15 is 0 Å². The Labute approximate surface area is 123 Å². The van der Waals surface area contributed by atoms with Crippen LogP contribution in [0.5, 0.6) is 0 Å². The molecule has 0 spiro atoms. The minimum absolute atomic E-state index is 0.545. The van der Waals surface area contributed by atoms with Crippen LogP contribution in [0.15, 0.2) is 24.3 Å². The molecule has 1 aromatic rings. The van der Waals surface area contributed by atoms with E-state index in [-0.39, 0.29) is 0 Å². The molecule has 2 aliphatic heterocycles. The van der Waals surface area contributed by atoms with Gasteiger partial charge in [-0.15, -0.1) is 0 Å². The highest BCUT2D eigenvalue weighted by atomic mass is 15.2. The summed E-state index contributed by atoms with van der Waals surface area (Å²) in [6.07, 6.45) is 2.76. The van der Waals surface area contributed by atoms with Crippen LogP contribution in [0.2, 0.25) is 0 Å². The molecule has 1 aromatic carbocycles. The molecule has 0 aliphatic carbocycles. The molecule has 0 amide bonds. The molecular formula is C18H28N2. The number of hydrogen-bond donors (Lipinski definition) is 1. The van der Waals surface area contributed by atoms with Crippen LogP contribution in [0, 0.1) is 5.92 Å². The average molecular weight is 272 g/mol. The zero-order valence-corrected chi connectivity index (χ0v) is 13.1. The van der Waals surface area contributed by atoms with Crippen molar-refractivity contribution in [2.24, 2.45) is 5.92 Å². The van der Waals surface area contributed by atoms with E-state index in [0.29, 0.717) is 12.0 Å². The predicted molar refractivity (Wildman–Crippen MR) is 85.0 cm³/mol. The number of benzene rings is 1. The van der Waals surface area contributed by atoms with Gasteiger partial charge in [0.15, 0.2) is 0 Å². The molecule has 2 heteroatoms. The van der Waals surface area contributed by atoms with Crippen LogP contribution in [0.3, 0.4) is 0 Å². The van der Waals surface area contributed by atoms with Crippen LogP contribution in [0.25, 0.3) is 0 Å². The van der Waals surface area contributed by atoms with Gasteiger partial charge in [0, 0.05) is 25.2 Å². The summed E-state index contributed by atoms with van der Waals surface area (Å²) in [6, 6.07) is 10.5. The lowest BCUT2D eigenvalue weighted by atomic mass is 9.94. The van der Waals surface area contributed by atoms with E-state index in [4.69, 9.17) is 0 Å². The summed E-state index contributed by atoms with van der Waals surface area (Å²) in [5.74, 6) is 1.50. The van der Waals surface area contributed by atoms with Crippen molar-refractivity contribution in [2.45, 2.75) is 51.6 Å². The van der Waals surface area contributed by atoms with Crippen LogP contribution >= 0.6 is 0 Å². The normalized spacial score (nSPS) is 28.6. The van der Waals surface area contributed by atoms with Gasteiger partial charge in [0.1, 0.15) is 0 Å². The first-order chi connectivity index (χ1) is 9.65. The maximum Gasteiger partial charge on any atom is 0.0320 e. The molecule has 0 aromatic heterocycles. The van der Waals surface area contributed by atoms with Crippen LogP contribution in [-0.2, 0) is 0 Å². The maximum absolute atomic E-state index is 3.70. The van der Waals surface area contributed by atoms with E-state index in [2.05, 4.69) is 55.3 Å². The topological polar surface area (TPSA) is 15.3 Å². The second-order valence-corrected chi connectivity index (χ2v) is 6.91. The molecule has 3 rings (SSSR count). The molecule has 0 bridgehead atoms. The third kappa shape index (κ3) is 2.77. The summed E-state index contributed by atoms with van der Waals surface area (Å²) in [5, 5.41) is 3.70. The summed E-state index contributed by atoms with van der Waals surface area (Å²) in [4.78, 5) is 2.66. The van der Waals surface area contributed by atoms with Crippen LogP contribution in [0.1, 0.15) is 56.7 Å². The van der Waals surface area contributed by atoms with E-state index in [1.165, 1.54) is 43.6 Å². The summed E-state index contributed by atoms with van der Waals surface area (Å²) in [6.45, 7) is 10.6. The maximum atomic E-state index is 3.70. The zero-order valence-electron chi connectivity index (χ0n) is 13.1. The number of fused-ring (bicyclic) bond motifs is 1. The van der Waals surface area contributed by atoms with Crippen molar-refractivity contribution in [3.05, 3.63) is 35.4 Å². The standard InChI is InChI=1S/C18H28N2/c1-13(2)15-6-8-16(9-7-15)14(3)20-11-17-5-4-10-19-18(17)12-20/h6-9,13-14,17-19H,4-5,10-12H2,1-3H3. The third-order valence-corrected chi connectivity index (χ3v) is 5.26. The lowest BCUT2D eigenvalue weighted by molar-refractivity contribution is 0.251. The molecular weight excluding hydrogens is 244 g/mol. The second-order valence-electron chi connectivity index (χ2n) is 6.91. The zero-order chi connectivity index (χ0) is 14.1. The van der Waals surface area contributed by atoms with Crippen LogP contribution in [-0.4, -0.2) is 30.6 Å². The summed E-state index contributed by atoms with van der Waals surface area (Å²) in [5.41, 5.74) is 2.91. The van der Waals surface area contributed by atoms with E-state index < -0.39 is 0 Å². The van der Waals surface area contributed by atoms with E-state index in [1.54, 1.807) is 0 Å². The Kier molecular flexibility index (Phi) is 4.13. The first kappa shape index (κ1) is 14.1. The Morgan fingerprint density at radius 1 is 1.05 bits per heavy atom. The fourth-order valence-electron chi connectivity index (χ4n) is 3.77. The van der Waals surface area contributed by atoms with E-state index in [1.807, 2.05) is 0 Å². The van der Waals surface area contributed by atoms with Gasteiger partial charge in [-0.2, -0.15) is 0 Å². The Hall–Kier alpha value is -0.860. The molecule has 3 unspecified atom stereocenters. The minimum atomic E-state index is 0.545. The van der Waals surface area contributed by atoms with Crippen molar-refractivity contribution in [3.63, 3.8) is 0 Å². The van der Waals surface area contributed by atoms with E-state index in [9.17, 15) is 0 Å². The molecule has 2 saturated heterocycles. The second kappa shape index (κ2) is 5.87. The number of nitrogens with zero attached hydrogens (tertiary/aromatic N) is 1. The van der Waals surface area contributed by atoms with Gasteiger partial charge in [-0.25, -0.2) is 0 Å². The van der Waals surface area contributed by atoms with Gasteiger partial charge in [0.05, 0.1) is 0 Å². The van der Waals surface area contributed by atoms with Crippen molar-refractivity contribution in [3.8, 4) is 0 Å². The highest BCUT2D eigenvalue weighted by Crippen LogP contribution is 2.31. The molecule has 2 aliphatic rings. The predicted octanol–water partition coefficient (Wildman–Crippen LogP) is 3.55. The molecule has 2 heterocycles. The monoisotopic (exact) mass is 272 g/mol. The first-order valence-electron chi connectivity index (χ1n) is 8.22. The van der Waals surface area contributed by atoms with E-state index in [0.717, 1.165) is 12.0 Å². The van der Waals surface area contributed by atoms with Gasteiger partial charge in [-0.3, -0.25) is 4.90 Å². The molecule has 3 atom stereocenters. The number of rotatable bonds is 3. The first-order valence-corrected chi connectivity index (χ1v) is 8.22. The Morgan fingerprint density at radius 2 is 1.75 bits per heavy atom. The molecule has 2 fully saturated rings. The fourth-order valence-corrected chi connectivity index (χ4v) is 3.77. The van der Waals surface area contributed by atoms with Crippen molar-refractivity contribution >= 4 is 0 Å². The molecule has 110 valence electrons. The highest BCUT2D eigenvalue weighted by Gasteiger charge is 2.36. The van der Waals surface area contributed by atoms with Gasteiger partial charge in [0.2, 0.25) is 0 Å². The fraction of sp³-hybridized carbons (Fsp3) is 0.667. The Bertz CT molecular complexity index is 423. The van der Waals surface area contributed by atoms with Crippen molar-refractivity contribution < 1.29 is 0 Å². The Balaban J connectivity index is 1.68. The average Bonchev–Trinajstić information content (AvgIpc) is 2.90. The molecule has 0 saturated carbocycles. The van der Waals surface area contributed by atoms with Crippen LogP contribution < -0.4 is 5.32 Å². The lowest BCUT2D eigenvalue weighted by Crippen LogP contribution is -2.40. The third-order valence-electron chi connectivity index (χ3n) is 5.26. The smallest absolute Gasteiger partial charge is 0.0320 e. The molecule has 2 nitrogen and oxygen atoms in total. The SMILES string of the molecule is CC(C)c1ccc(C(C)N2CC3CCCNC3C2)cc1. The molecule has 0 radical (unpaired) electrons. The highest BCUT2D eigenvalue weighted by molar-refractivity contribution is 5.27. The Morgan fingerprint density at radius 3 is 2.40 bits per heavy atom. The molecule has 1 N–H and O–H groups in total. The number of likely N-dealkylation sites (tertiary alicyclic amines) is 1. The number of hydrogen-bond acceptors (Lipinski definition) is 2. The van der Waals surface area contributed by atoms with Gasteiger partial charge < -0.3 is 5.32 Å². The minimum Gasteiger partial charge on any atom is -0.312 e.